The van der Waals surface area contributed by atoms with Gasteiger partial charge in [-0.05, 0) is 68.5 Å². The van der Waals surface area contributed by atoms with Gasteiger partial charge in [0.15, 0.2) is 0 Å². The molecule has 3 aromatic rings. The van der Waals surface area contributed by atoms with E-state index < -0.39 is 5.97 Å². The minimum absolute atomic E-state index is 0.0764. The molecule has 0 bridgehead atoms. The van der Waals surface area contributed by atoms with Crippen LogP contribution in [-0.2, 0) is 11.3 Å². The summed E-state index contributed by atoms with van der Waals surface area (Å²) in [6, 6.07) is 14.3. The molecule has 1 aliphatic carbocycles. The molecule has 0 unspecified atom stereocenters. The van der Waals surface area contributed by atoms with Crippen molar-refractivity contribution in [2.75, 3.05) is 6.61 Å². The largest absolute Gasteiger partial charge is 0.478 e. The van der Waals surface area contributed by atoms with Crippen LogP contribution < -0.4 is 11.1 Å². The standard InChI is InChI=1S/C26H30N4O4/c1-2-34-24(28)19-8-7-18-13-23(25(31)29-21-11-9-20(27)10-12-21)30(22(18)14-19)15-16-3-5-17(6-4-16)26(32)33/h3-8,13-14,20-21,28H,2,9-12,15,27H2,1H3,(H,29,31)(H,32,33). The van der Waals surface area contributed by atoms with Gasteiger partial charge in [-0.3, -0.25) is 10.2 Å². The van der Waals surface area contributed by atoms with Crippen molar-refractivity contribution in [1.29, 1.82) is 5.41 Å². The van der Waals surface area contributed by atoms with Crippen LogP contribution in [0.3, 0.4) is 0 Å². The van der Waals surface area contributed by atoms with Crippen LogP contribution in [0.4, 0.5) is 0 Å². The van der Waals surface area contributed by atoms with Gasteiger partial charge in [0.1, 0.15) is 5.69 Å². The van der Waals surface area contributed by atoms with Crippen molar-refractivity contribution in [1.82, 2.24) is 9.88 Å². The average molecular weight is 463 g/mol. The van der Waals surface area contributed by atoms with Crippen molar-refractivity contribution in [2.24, 2.45) is 5.73 Å². The molecule has 5 N–H and O–H groups in total. The number of nitrogens with two attached hydrogens (primary N) is 1. The summed E-state index contributed by atoms with van der Waals surface area (Å²) in [7, 11) is 0. The van der Waals surface area contributed by atoms with Crippen LogP contribution in [0, 0.1) is 5.41 Å². The van der Waals surface area contributed by atoms with E-state index in [4.69, 9.17) is 15.9 Å². The van der Waals surface area contributed by atoms with Crippen LogP contribution in [0.25, 0.3) is 10.9 Å². The van der Waals surface area contributed by atoms with E-state index in [0.717, 1.165) is 42.1 Å². The first kappa shape index (κ1) is 23.5. The van der Waals surface area contributed by atoms with Crippen molar-refractivity contribution >= 4 is 28.7 Å². The van der Waals surface area contributed by atoms with Crippen molar-refractivity contribution in [2.45, 2.75) is 51.2 Å². The predicted octanol–water partition coefficient (Wildman–Crippen LogP) is 3.75. The Hall–Kier alpha value is -3.65. The van der Waals surface area contributed by atoms with Gasteiger partial charge >= 0.3 is 5.97 Å². The smallest absolute Gasteiger partial charge is 0.335 e. The number of carbonyl (C=O) groups is 2. The fourth-order valence-electron chi connectivity index (χ4n) is 4.44. The van der Waals surface area contributed by atoms with Crippen LogP contribution in [0.2, 0.25) is 0 Å². The zero-order valence-corrected chi connectivity index (χ0v) is 19.2. The van der Waals surface area contributed by atoms with E-state index in [-0.39, 0.29) is 29.5 Å². The maximum absolute atomic E-state index is 13.3. The highest BCUT2D eigenvalue weighted by Gasteiger charge is 2.23. The molecule has 1 heterocycles. The number of ether oxygens (including phenoxy) is 1. The van der Waals surface area contributed by atoms with Crippen molar-refractivity contribution in [3.63, 3.8) is 0 Å². The van der Waals surface area contributed by atoms with Crippen molar-refractivity contribution in [3.8, 4) is 0 Å². The summed E-state index contributed by atoms with van der Waals surface area (Å²) >= 11 is 0. The Morgan fingerprint density at radius 3 is 2.41 bits per heavy atom. The lowest BCUT2D eigenvalue weighted by Gasteiger charge is -2.27. The lowest BCUT2D eigenvalue weighted by Crippen LogP contribution is -2.41. The van der Waals surface area contributed by atoms with Gasteiger partial charge in [-0.2, -0.15) is 0 Å². The molecule has 0 atom stereocenters. The van der Waals surface area contributed by atoms with Gasteiger partial charge in [-0.25, -0.2) is 4.79 Å². The minimum atomic E-state index is -0.982. The summed E-state index contributed by atoms with van der Waals surface area (Å²) in [6.07, 6.45) is 3.51. The summed E-state index contributed by atoms with van der Waals surface area (Å²) in [5.41, 5.74) is 9.04. The van der Waals surface area contributed by atoms with Gasteiger partial charge in [0.05, 0.1) is 12.2 Å². The SMILES string of the molecule is CCOC(=N)c1ccc2cc(C(=O)NC3CCC(N)CC3)n(Cc3ccc(C(=O)O)cc3)c2c1. The summed E-state index contributed by atoms with van der Waals surface area (Å²) < 4.78 is 7.28. The second kappa shape index (κ2) is 10.1. The van der Waals surface area contributed by atoms with Gasteiger partial charge in [0.25, 0.3) is 5.91 Å². The topological polar surface area (TPSA) is 130 Å². The number of hydrogen-bond acceptors (Lipinski definition) is 5. The molecule has 1 fully saturated rings. The Balaban J connectivity index is 1.70. The lowest BCUT2D eigenvalue weighted by molar-refractivity contribution is 0.0696. The third-order valence-electron chi connectivity index (χ3n) is 6.34. The second-order valence-electron chi connectivity index (χ2n) is 8.74. The highest BCUT2D eigenvalue weighted by atomic mass is 16.5. The van der Waals surface area contributed by atoms with E-state index in [9.17, 15) is 14.7 Å². The molecule has 8 nitrogen and oxygen atoms in total. The van der Waals surface area contributed by atoms with E-state index in [1.807, 2.05) is 35.8 Å². The Morgan fingerprint density at radius 2 is 1.76 bits per heavy atom. The number of carboxylic acids is 1. The molecule has 4 rings (SSSR count). The lowest BCUT2D eigenvalue weighted by atomic mass is 9.92. The number of fused-ring (bicyclic) bond motifs is 1. The molecule has 2 aromatic carbocycles. The Bertz CT molecular complexity index is 1210. The number of aromatic carboxylic acids is 1. The van der Waals surface area contributed by atoms with Crippen LogP contribution in [0.5, 0.6) is 0 Å². The van der Waals surface area contributed by atoms with E-state index in [1.165, 1.54) is 0 Å². The number of nitrogens with zero attached hydrogens (tertiary/aromatic N) is 1. The van der Waals surface area contributed by atoms with Crippen molar-refractivity contribution < 1.29 is 19.4 Å². The summed E-state index contributed by atoms with van der Waals surface area (Å²) in [5, 5.41) is 21.4. The highest BCUT2D eigenvalue weighted by Crippen LogP contribution is 2.25. The Kier molecular flexibility index (Phi) is 6.98. The molecule has 178 valence electrons. The summed E-state index contributed by atoms with van der Waals surface area (Å²) in [5.74, 6) is -1.06. The number of hydrogen-bond donors (Lipinski definition) is 4. The quantitative estimate of drug-likeness (QED) is 0.314. The van der Waals surface area contributed by atoms with Crippen LogP contribution >= 0.6 is 0 Å². The minimum Gasteiger partial charge on any atom is -0.478 e. The number of benzene rings is 2. The highest BCUT2D eigenvalue weighted by molar-refractivity contribution is 6.01. The molecule has 1 saturated carbocycles. The van der Waals surface area contributed by atoms with E-state index >= 15 is 0 Å². The molecule has 34 heavy (non-hydrogen) atoms. The van der Waals surface area contributed by atoms with E-state index in [1.54, 1.807) is 24.3 Å². The molecule has 1 amide bonds. The second-order valence-corrected chi connectivity index (χ2v) is 8.74. The molecule has 0 saturated heterocycles. The molecule has 0 aliphatic heterocycles. The molecule has 1 aliphatic rings. The number of rotatable bonds is 7. The Labute approximate surface area is 198 Å². The molecule has 0 spiro atoms. The average Bonchev–Trinajstić information content (AvgIpc) is 3.19. The molecular formula is C26H30N4O4. The zero-order chi connectivity index (χ0) is 24.2. The number of aromatic nitrogens is 1. The molecule has 1 aromatic heterocycles. The third-order valence-corrected chi connectivity index (χ3v) is 6.34. The number of amides is 1. The number of carbonyl (C=O) groups excluding carboxylic acids is 1. The fraction of sp³-hybridized carbons (Fsp3) is 0.346. The molecule has 8 heteroatoms. The van der Waals surface area contributed by atoms with E-state index in [2.05, 4.69) is 5.32 Å². The van der Waals surface area contributed by atoms with Gasteiger partial charge in [-0.15, -0.1) is 0 Å². The van der Waals surface area contributed by atoms with Gasteiger partial charge < -0.3 is 25.5 Å². The number of nitrogens with one attached hydrogen (secondary N) is 2. The summed E-state index contributed by atoms with van der Waals surface area (Å²) in [4.78, 5) is 24.5. The first-order valence-electron chi connectivity index (χ1n) is 11.6. The first-order chi connectivity index (χ1) is 16.4. The normalized spacial score (nSPS) is 17.9. The third kappa shape index (κ3) is 5.12. The monoisotopic (exact) mass is 462 g/mol. The van der Waals surface area contributed by atoms with Crippen LogP contribution in [0.15, 0.2) is 48.5 Å². The fourth-order valence-corrected chi connectivity index (χ4v) is 4.44. The van der Waals surface area contributed by atoms with Crippen molar-refractivity contribution in [3.05, 3.63) is 70.9 Å². The first-order valence-corrected chi connectivity index (χ1v) is 11.6. The van der Waals surface area contributed by atoms with Crippen LogP contribution in [0.1, 0.15) is 64.6 Å². The predicted molar refractivity (Wildman–Crippen MR) is 131 cm³/mol. The van der Waals surface area contributed by atoms with Gasteiger partial charge in [0, 0.05) is 35.1 Å². The summed E-state index contributed by atoms with van der Waals surface area (Å²) in [6.45, 7) is 2.61. The zero-order valence-electron chi connectivity index (χ0n) is 19.2. The molecule has 0 radical (unpaired) electrons. The Morgan fingerprint density at radius 1 is 1.09 bits per heavy atom. The molecular weight excluding hydrogens is 432 g/mol. The van der Waals surface area contributed by atoms with Gasteiger partial charge in [0.2, 0.25) is 5.90 Å². The van der Waals surface area contributed by atoms with Gasteiger partial charge in [-0.1, -0.05) is 18.2 Å². The van der Waals surface area contributed by atoms with E-state index in [0.29, 0.717) is 24.4 Å². The van der Waals surface area contributed by atoms with Crippen LogP contribution in [-0.4, -0.2) is 46.1 Å². The maximum Gasteiger partial charge on any atom is 0.335 e. The number of carboxylic acid groups (broad SMARTS) is 1. The maximum atomic E-state index is 13.3.